The summed E-state index contributed by atoms with van der Waals surface area (Å²) in [5, 5.41) is 12.4. The number of fused-ring (bicyclic) bond motifs is 2. The molecule has 1 heterocycles. The predicted octanol–water partition coefficient (Wildman–Crippen LogP) is 2.96. The first-order valence-electron chi connectivity index (χ1n) is 7.87. The Labute approximate surface area is 142 Å². The van der Waals surface area contributed by atoms with Crippen LogP contribution in [0.15, 0.2) is 36.4 Å². The Balaban J connectivity index is 1.39. The summed E-state index contributed by atoms with van der Waals surface area (Å²) in [6.07, 6.45) is -2.07. The zero-order valence-corrected chi connectivity index (χ0v) is 13.1. The quantitative estimate of drug-likeness (QED) is 0.890. The largest absolute Gasteiger partial charge is 0.586 e. The monoisotopic (exact) mass is 347 g/mol. The number of hydrogen-bond acceptors (Lipinski definition) is 4. The molecule has 2 N–H and O–H groups in total. The summed E-state index contributed by atoms with van der Waals surface area (Å²) in [5.41, 5.74) is 3.26. The maximum absolute atomic E-state index is 13.0. The first-order chi connectivity index (χ1) is 11.9. The number of aromatic carboxylic acids is 1. The van der Waals surface area contributed by atoms with Crippen molar-refractivity contribution in [3.05, 3.63) is 58.7 Å². The summed E-state index contributed by atoms with van der Waals surface area (Å²) in [6, 6.07) is 10.1. The number of carboxylic acids is 1. The SMILES string of the molecule is O=C(O)c1ccc2c(c1)CC(NCc1ccc3c(c1)OC(F)(F)O3)C2. The van der Waals surface area contributed by atoms with Gasteiger partial charge in [0.1, 0.15) is 0 Å². The van der Waals surface area contributed by atoms with Gasteiger partial charge >= 0.3 is 12.3 Å². The fraction of sp³-hybridized carbons (Fsp3) is 0.278. The summed E-state index contributed by atoms with van der Waals surface area (Å²) in [6.45, 7) is 0.493. The van der Waals surface area contributed by atoms with Crippen LogP contribution in [0.2, 0.25) is 0 Å². The van der Waals surface area contributed by atoms with Gasteiger partial charge in [-0.2, -0.15) is 0 Å². The van der Waals surface area contributed by atoms with Crippen molar-refractivity contribution in [2.45, 2.75) is 31.7 Å². The van der Waals surface area contributed by atoms with Gasteiger partial charge in [0.25, 0.3) is 0 Å². The molecule has 0 fully saturated rings. The highest BCUT2D eigenvalue weighted by molar-refractivity contribution is 5.88. The fourth-order valence-corrected chi connectivity index (χ4v) is 3.26. The number of carbonyl (C=O) groups is 1. The van der Waals surface area contributed by atoms with Crippen molar-refractivity contribution >= 4 is 5.97 Å². The van der Waals surface area contributed by atoms with Crippen molar-refractivity contribution in [2.75, 3.05) is 0 Å². The van der Waals surface area contributed by atoms with Crippen LogP contribution in [-0.4, -0.2) is 23.4 Å². The molecule has 1 aliphatic carbocycles. The third-order valence-corrected chi connectivity index (χ3v) is 4.45. The molecule has 2 aliphatic rings. The number of ether oxygens (including phenoxy) is 2. The Bertz CT molecular complexity index is 853. The zero-order chi connectivity index (χ0) is 17.6. The molecule has 25 heavy (non-hydrogen) atoms. The van der Waals surface area contributed by atoms with E-state index < -0.39 is 12.3 Å². The van der Waals surface area contributed by atoms with Crippen LogP contribution in [0.1, 0.15) is 27.0 Å². The van der Waals surface area contributed by atoms with Gasteiger partial charge in [0, 0.05) is 12.6 Å². The van der Waals surface area contributed by atoms with Gasteiger partial charge in [-0.1, -0.05) is 12.1 Å². The molecule has 5 nitrogen and oxygen atoms in total. The van der Waals surface area contributed by atoms with Crippen molar-refractivity contribution < 1.29 is 28.2 Å². The third kappa shape index (κ3) is 3.15. The minimum Gasteiger partial charge on any atom is -0.478 e. The van der Waals surface area contributed by atoms with E-state index in [9.17, 15) is 13.6 Å². The molecule has 0 saturated heterocycles. The second kappa shape index (κ2) is 5.70. The summed E-state index contributed by atoms with van der Waals surface area (Å²) in [7, 11) is 0. The number of carboxylic acid groups (broad SMARTS) is 1. The van der Waals surface area contributed by atoms with Crippen LogP contribution in [0.5, 0.6) is 11.5 Å². The van der Waals surface area contributed by atoms with Crippen LogP contribution >= 0.6 is 0 Å². The van der Waals surface area contributed by atoms with E-state index in [0.29, 0.717) is 6.54 Å². The van der Waals surface area contributed by atoms with Crippen LogP contribution in [0, 0.1) is 0 Å². The molecule has 130 valence electrons. The topological polar surface area (TPSA) is 67.8 Å². The van der Waals surface area contributed by atoms with Crippen molar-refractivity contribution in [3.63, 3.8) is 0 Å². The van der Waals surface area contributed by atoms with E-state index in [1.165, 1.54) is 12.1 Å². The van der Waals surface area contributed by atoms with E-state index in [-0.39, 0.29) is 23.1 Å². The molecule has 0 saturated carbocycles. The Morgan fingerprint density at radius 1 is 1.12 bits per heavy atom. The van der Waals surface area contributed by atoms with E-state index in [1.807, 2.05) is 6.07 Å². The van der Waals surface area contributed by atoms with E-state index >= 15 is 0 Å². The first kappa shape index (κ1) is 15.8. The lowest BCUT2D eigenvalue weighted by molar-refractivity contribution is -0.286. The van der Waals surface area contributed by atoms with Crippen LogP contribution in [0.4, 0.5) is 8.78 Å². The number of halogens is 2. The highest BCUT2D eigenvalue weighted by Gasteiger charge is 2.43. The van der Waals surface area contributed by atoms with Gasteiger partial charge in [-0.3, -0.25) is 0 Å². The smallest absolute Gasteiger partial charge is 0.478 e. The number of nitrogens with one attached hydrogen (secondary N) is 1. The molecular formula is C18H15F2NO4. The zero-order valence-electron chi connectivity index (χ0n) is 13.1. The van der Waals surface area contributed by atoms with Crippen molar-refractivity contribution in [3.8, 4) is 11.5 Å². The standard InChI is InChI=1S/C18H15F2NO4/c19-18(20)24-15-4-1-10(5-16(15)25-18)9-21-14-7-11-2-3-12(17(22)23)6-13(11)8-14/h1-6,14,21H,7-9H2,(H,22,23). The van der Waals surface area contributed by atoms with Gasteiger partial charge in [-0.25, -0.2) is 4.79 Å². The van der Waals surface area contributed by atoms with Gasteiger partial charge in [-0.15, -0.1) is 8.78 Å². The lowest BCUT2D eigenvalue weighted by atomic mass is 10.1. The van der Waals surface area contributed by atoms with Crippen molar-refractivity contribution in [1.29, 1.82) is 0 Å². The molecule has 1 atom stereocenters. The molecule has 0 radical (unpaired) electrons. The number of alkyl halides is 2. The molecule has 1 unspecified atom stereocenters. The second-order valence-corrected chi connectivity index (χ2v) is 6.22. The lowest BCUT2D eigenvalue weighted by Gasteiger charge is -2.12. The van der Waals surface area contributed by atoms with Crippen LogP contribution in [-0.2, 0) is 19.4 Å². The number of rotatable bonds is 4. The molecule has 2 aromatic rings. The molecule has 0 bridgehead atoms. The molecule has 7 heteroatoms. The van der Waals surface area contributed by atoms with Gasteiger partial charge in [0.15, 0.2) is 11.5 Å². The van der Waals surface area contributed by atoms with E-state index in [1.54, 1.807) is 18.2 Å². The van der Waals surface area contributed by atoms with Gasteiger partial charge in [0.05, 0.1) is 5.56 Å². The Kier molecular flexibility index (Phi) is 3.61. The average Bonchev–Trinajstić information content (AvgIpc) is 3.09. The molecular weight excluding hydrogens is 332 g/mol. The second-order valence-electron chi connectivity index (χ2n) is 6.22. The highest BCUT2D eigenvalue weighted by atomic mass is 19.3. The number of hydrogen-bond donors (Lipinski definition) is 2. The minimum absolute atomic E-state index is 0.0308. The van der Waals surface area contributed by atoms with Crippen LogP contribution in [0.3, 0.4) is 0 Å². The maximum Gasteiger partial charge on any atom is 0.586 e. The molecule has 1 aliphatic heterocycles. The summed E-state index contributed by atoms with van der Waals surface area (Å²) >= 11 is 0. The van der Waals surface area contributed by atoms with Gasteiger partial charge in [-0.05, 0) is 53.8 Å². The molecule has 2 aromatic carbocycles. The van der Waals surface area contributed by atoms with Crippen molar-refractivity contribution in [1.82, 2.24) is 5.32 Å². The highest BCUT2D eigenvalue weighted by Crippen LogP contribution is 2.41. The van der Waals surface area contributed by atoms with Gasteiger partial charge < -0.3 is 19.9 Å². The molecule has 0 aromatic heterocycles. The van der Waals surface area contributed by atoms with E-state index in [4.69, 9.17) is 5.11 Å². The average molecular weight is 347 g/mol. The normalized spacial score (nSPS) is 19.7. The molecule has 0 amide bonds. The minimum atomic E-state index is -3.61. The number of benzene rings is 2. The summed E-state index contributed by atoms with van der Waals surface area (Å²) in [4.78, 5) is 11.0. The van der Waals surface area contributed by atoms with E-state index in [0.717, 1.165) is 29.5 Å². The Hall–Kier alpha value is -2.67. The predicted molar refractivity (Wildman–Crippen MR) is 84.1 cm³/mol. The van der Waals surface area contributed by atoms with E-state index in [2.05, 4.69) is 14.8 Å². The first-order valence-corrected chi connectivity index (χ1v) is 7.87. The maximum atomic E-state index is 13.0. The van der Waals surface area contributed by atoms with Crippen LogP contribution < -0.4 is 14.8 Å². The third-order valence-electron chi connectivity index (χ3n) is 4.45. The van der Waals surface area contributed by atoms with Crippen LogP contribution in [0.25, 0.3) is 0 Å². The summed E-state index contributed by atoms with van der Waals surface area (Å²) in [5.74, 6) is -0.871. The Morgan fingerprint density at radius 3 is 2.68 bits per heavy atom. The van der Waals surface area contributed by atoms with Crippen molar-refractivity contribution in [2.24, 2.45) is 0 Å². The van der Waals surface area contributed by atoms with Gasteiger partial charge in [0.2, 0.25) is 0 Å². The summed E-state index contributed by atoms with van der Waals surface area (Å²) < 4.78 is 34.9. The Morgan fingerprint density at radius 2 is 1.88 bits per heavy atom. The molecule has 4 rings (SSSR count). The lowest BCUT2D eigenvalue weighted by Crippen LogP contribution is -2.28. The molecule has 0 spiro atoms. The fourth-order valence-electron chi connectivity index (χ4n) is 3.26.